The monoisotopic (exact) mass is 346 g/mol. The first-order chi connectivity index (χ1) is 12.5. The summed E-state index contributed by atoms with van der Waals surface area (Å²) in [5.74, 6) is -0.646. The van der Waals surface area contributed by atoms with E-state index in [0.717, 1.165) is 5.56 Å². The second kappa shape index (κ2) is 8.71. The summed E-state index contributed by atoms with van der Waals surface area (Å²) in [6.07, 6.45) is 0. The van der Waals surface area contributed by atoms with Crippen molar-refractivity contribution < 1.29 is 9.90 Å². The molecule has 0 aliphatic rings. The summed E-state index contributed by atoms with van der Waals surface area (Å²) in [7, 11) is 0. The van der Waals surface area contributed by atoms with Crippen LogP contribution in [0.3, 0.4) is 0 Å². The number of nitriles is 2. The van der Waals surface area contributed by atoms with Gasteiger partial charge in [0.05, 0.1) is 17.0 Å². The van der Waals surface area contributed by atoms with Crippen molar-refractivity contribution in [2.45, 2.75) is 13.0 Å². The Hall–Kier alpha value is -4.04. The van der Waals surface area contributed by atoms with Crippen LogP contribution in [0, 0.1) is 22.7 Å². The van der Waals surface area contributed by atoms with Crippen LogP contribution in [0.2, 0.25) is 0 Å². The molecule has 0 aliphatic heterocycles. The first kappa shape index (κ1) is 18.3. The smallest absolute Gasteiger partial charge is 0.275 e. The van der Waals surface area contributed by atoms with Gasteiger partial charge in [-0.2, -0.15) is 25.9 Å². The summed E-state index contributed by atoms with van der Waals surface area (Å²) >= 11 is 0. The SMILES string of the molecule is C/C(=N\NC(=O)c1ccccc1O)c1ccc(N=NC(C#N)C#N)cc1. The number of aromatic hydroxyl groups is 1. The predicted octanol–water partition coefficient (Wildman–Crippen LogP) is 3.05. The van der Waals surface area contributed by atoms with Crippen molar-refractivity contribution >= 4 is 17.3 Å². The minimum atomic E-state index is -1.14. The molecule has 2 aromatic rings. The number of rotatable bonds is 5. The van der Waals surface area contributed by atoms with Gasteiger partial charge >= 0.3 is 0 Å². The summed E-state index contributed by atoms with van der Waals surface area (Å²) in [5.41, 5.74) is 4.27. The lowest BCUT2D eigenvalue weighted by atomic mass is 10.1. The van der Waals surface area contributed by atoms with Gasteiger partial charge in [-0.25, -0.2) is 5.43 Å². The molecule has 128 valence electrons. The second-order valence-electron chi connectivity index (χ2n) is 5.08. The fourth-order valence-electron chi connectivity index (χ4n) is 1.90. The molecule has 8 nitrogen and oxygen atoms in total. The Morgan fingerprint density at radius 2 is 1.77 bits per heavy atom. The molecule has 0 fully saturated rings. The van der Waals surface area contributed by atoms with Crippen molar-refractivity contribution in [3.63, 3.8) is 0 Å². The van der Waals surface area contributed by atoms with Gasteiger partial charge < -0.3 is 5.11 Å². The molecule has 0 radical (unpaired) electrons. The van der Waals surface area contributed by atoms with Crippen LogP contribution in [0.15, 0.2) is 63.9 Å². The van der Waals surface area contributed by atoms with Gasteiger partial charge in [-0.15, -0.1) is 0 Å². The zero-order valence-corrected chi connectivity index (χ0v) is 13.8. The van der Waals surface area contributed by atoms with Gasteiger partial charge in [0.2, 0.25) is 6.04 Å². The molecular weight excluding hydrogens is 332 g/mol. The fraction of sp³-hybridized carbons (Fsp3) is 0.111. The quantitative estimate of drug-likeness (QED) is 0.489. The summed E-state index contributed by atoms with van der Waals surface area (Å²) in [4.78, 5) is 12.0. The van der Waals surface area contributed by atoms with Crippen molar-refractivity contribution in [2.24, 2.45) is 15.3 Å². The lowest BCUT2D eigenvalue weighted by Gasteiger charge is -2.04. The summed E-state index contributed by atoms with van der Waals surface area (Å²) in [6, 6.07) is 15.2. The van der Waals surface area contributed by atoms with Gasteiger partial charge in [0.1, 0.15) is 17.9 Å². The molecule has 0 bridgehead atoms. The van der Waals surface area contributed by atoms with Crippen LogP contribution in [-0.4, -0.2) is 22.8 Å². The molecule has 0 aliphatic carbocycles. The number of hydrazone groups is 1. The highest BCUT2D eigenvalue weighted by Gasteiger charge is 2.09. The molecule has 1 amide bonds. The Labute approximate surface area is 149 Å². The van der Waals surface area contributed by atoms with Gasteiger partial charge in [-0.05, 0) is 36.8 Å². The van der Waals surface area contributed by atoms with Crippen LogP contribution >= 0.6 is 0 Å². The average Bonchev–Trinajstić information content (AvgIpc) is 2.67. The lowest BCUT2D eigenvalue weighted by Crippen LogP contribution is -2.19. The Morgan fingerprint density at radius 3 is 2.38 bits per heavy atom. The molecule has 0 heterocycles. The summed E-state index contributed by atoms with van der Waals surface area (Å²) in [6.45, 7) is 1.71. The van der Waals surface area contributed by atoms with Crippen molar-refractivity contribution in [1.29, 1.82) is 10.5 Å². The maximum Gasteiger partial charge on any atom is 0.275 e. The van der Waals surface area contributed by atoms with Gasteiger partial charge in [0.25, 0.3) is 5.91 Å². The molecule has 0 spiro atoms. The minimum Gasteiger partial charge on any atom is -0.507 e. The van der Waals surface area contributed by atoms with Crippen molar-refractivity contribution in [1.82, 2.24) is 5.43 Å². The van der Waals surface area contributed by atoms with E-state index in [4.69, 9.17) is 10.5 Å². The van der Waals surface area contributed by atoms with E-state index in [0.29, 0.717) is 11.4 Å². The summed E-state index contributed by atoms with van der Waals surface area (Å²) in [5, 5.41) is 38.3. The molecule has 0 saturated carbocycles. The maximum absolute atomic E-state index is 12.0. The molecule has 26 heavy (non-hydrogen) atoms. The predicted molar refractivity (Wildman–Crippen MR) is 93.8 cm³/mol. The number of benzene rings is 2. The first-order valence-corrected chi connectivity index (χ1v) is 7.48. The van der Waals surface area contributed by atoms with E-state index in [1.807, 2.05) is 0 Å². The van der Waals surface area contributed by atoms with Crippen molar-refractivity contribution in [3.05, 3.63) is 59.7 Å². The van der Waals surface area contributed by atoms with Crippen LogP contribution in [0.5, 0.6) is 5.75 Å². The molecule has 8 heteroatoms. The molecular formula is C18H14N6O2. The molecule has 2 aromatic carbocycles. The van der Waals surface area contributed by atoms with Crippen LogP contribution in [-0.2, 0) is 0 Å². The minimum absolute atomic E-state index is 0.124. The number of nitrogens with zero attached hydrogens (tertiary/aromatic N) is 5. The van der Waals surface area contributed by atoms with E-state index >= 15 is 0 Å². The Bertz CT molecular complexity index is 921. The van der Waals surface area contributed by atoms with E-state index < -0.39 is 11.9 Å². The number of carbonyl (C=O) groups is 1. The Morgan fingerprint density at radius 1 is 1.12 bits per heavy atom. The van der Waals surface area contributed by atoms with E-state index in [1.54, 1.807) is 55.5 Å². The van der Waals surface area contributed by atoms with Gasteiger partial charge in [-0.1, -0.05) is 24.3 Å². The molecule has 0 atom stereocenters. The van der Waals surface area contributed by atoms with Crippen LogP contribution in [0.1, 0.15) is 22.8 Å². The third-order valence-electron chi connectivity index (χ3n) is 3.29. The maximum atomic E-state index is 12.0. The van der Waals surface area contributed by atoms with Gasteiger partial charge in [0, 0.05) is 0 Å². The molecule has 2 rings (SSSR count). The van der Waals surface area contributed by atoms with Crippen LogP contribution < -0.4 is 5.43 Å². The fourth-order valence-corrected chi connectivity index (χ4v) is 1.90. The van der Waals surface area contributed by atoms with E-state index in [2.05, 4.69) is 20.8 Å². The summed E-state index contributed by atoms with van der Waals surface area (Å²) < 4.78 is 0. The molecule has 0 unspecified atom stereocenters. The van der Waals surface area contributed by atoms with Gasteiger partial charge in [0.15, 0.2) is 0 Å². The normalized spacial score (nSPS) is 11.2. The molecule has 2 N–H and O–H groups in total. The zero-order chi connectivity index (χ0) is 18.9. The number of azo groups is 1. The highest BCUT2D eigenvalue weighted by Crippen LogP contribution is 2.16. The number of nitrogens with one attached hydrogen (secondary N) is 1. The third kappa shape index (κ3) is 4.73. The van der Waals surface area contributed by atoms with E-state index in [1.165, 1.54) is 12.1 Å². The van der Waals surface area contributed by atoms with Crippen molar-refractivity contribution in [2.75, 3.05) is 0 Å². The second-order valence-corrected chi connectivity index (χ2v) is 5.08. The largest absolute Gasteiger partial charge is 0.507 e. The zero-order valence-electron chi connectivity index (χ0n) is 13.8. The van der Waals surface area contributed by atoms with Crippen LogP contribution in [0.4, 0.5) is 5.69 Å². The number of phenols is 1. The van der Waals surface area contributed by atoms with Crippen molar-refractivity contribution in [3.8, 4) is 17.9 Å². The molecule has 0 saturated heterocycles. The standard InChI is InChI=1S/C18H14N6O2/c1-12(21-24-18(26)16-4-2-3-5-17(16)25)13-6-8-14(9-7-13)22-23-15(10-19)11-20/h2-9,15,25H,1H3,(H,24,26)/b21-12+,23-22?. The number of phenolic OH excluding ortho intramolecular Hbond substituents is 1. The highest BCUT2D eigenvalue weighted by atomic mass is 16.3. The number of hydrogen-bond donors (Lipinski definition) is 2. The first-order valence-electron chi connectivity index (χ1n) is 7.48. The lowest BCUT2D eigenvalue weighted by molar-refractivity contribution is 0.0952. The van der Waals surface area contributed by atoms with Gasteiger partial charge in [-0.3, -0.25) is 4.79 Å². The van der Waals surface area contributed by atoms with E-state index in [-0.39, 0.29) is 11.3 Å². The number of amides is 1. The highest BCUT2D eigenvalue weighted by molar-refractivity contribution is 6.01. The van der Waals surface area contributed by atoms with E-state index in [9.17, 15) is 9.90 Å². The number of para-hydroxylation sites is 1. The Balaban J connectivity index is 2.06. The number of hydrogen-bond acceptors (Lipinski definition) is 7. The number of carbonyl (C=O) groups excluding carboxylic acids is 1. The Kier molecular flexibility index (Phi) is 6.13. The molecule has 0 aromatic heterocycles. The topological polar surface area (TPSA) is 134 Å². The van der Waals surface area contributed by atoms with Crippen LogP contribution in [0.25, 0.3) is 0 Å². The third-order valence-corrected chi connectivity index (χ3v) is 3.29. The average molecular weight is 346 g/mol.